The summed E-state index contributed by atoms with van der Waals surface area (Å²) in [5.41, 5.74) is 2.13. The Balaban J connectivity index is 1.43. The second kappa shape index (κ2) is 8.14. The topological polar surface area (TPSA) is 94.4 Å². The number of hydrogen-bond acceptors (Lipinski definition) is 7. The Morgan fingerprint density at radius 1 is 1.25 bits per heavy atom. The number of phenols is 1. The number of fused-ring (bicyclic) bond motifs is 1. The van der Waals surface area contributed by atoms with Crippen LogP contribution in [0.2, 0.25) is 5.02 Å². The number of rotatable bonds is 4. The standard InChI is InChI=1S/C24H28ClN5O2/c1-14-9-15(25)10-19(31)20(14)22-21-18(6-3-7-26-21)23(29-28-22)27-16-5-4-8-30(13-16)17-11-24(2,32)12-17/h3,6-7,9-10,16-17,31-32H,4-5,8,11-13H2,1-2H3,(H,27,29). The molecule has 7 nitrogen and oxygen atoms in total. The van der Waals surface area contributed by atoms with Crippen LogP contribution in [0.1, 0.15) is 38.2 Å². The van der Waals surface area contributed by atoms with Crippen molar-refractivity contribution in [2.24, 2.45) is 0 Å². The molecule has 3 N–H and O–H groups in total. The van der Waals surface area contributed by atoms with Gasteiger partial charge in [-0.2, -0.15) is 0 Å². The van der Waals surface area contributed by atoms with Gasteiger partial charge in [0.25, 0.3) is 0 Å². The normalized spacial score (nSPS) is 26.1. The van der Waals surface area contributed by atoms with Crippen molar-refractivity contribution < 1.29 is 10.2 Å². The Kier molecular flexibility index (Phi) is 5.43. The van der Waals surface area contributed by atoms with Gasteiger partial charge in [-0.1, -0.05) is 11.6 Å². The highest BCUT2D eigenvalue weighted by molar-refractivity contribution is 6.31. The summed E-state index contributed by atoms with van der Waals surface area (Å²) in [4.78, 5) is 7.06. The van der Waals surface area contributed by atoms with Crippen LogP contribution in [0.25, 0.3) is 22.2 Å². The number of benzene rings is 1. The average Bonchev–Trinajstić information content (AvgIpc) is 2.73. The second-order valence-electron chi connectivity index (χ2n) is 9.45. The van der Waals surface area contributed by atoms with Gasteiger partial charge in [-0.15, -0.1) is 10.2 Å². The maximum Gasteiger partial charge on any atom is 0.158 e. The van der Waals surface area contributed by atoms with Crippen molar-refractivity contribution in [1.82, 2.24) is 20.1 Å². The molecule has 3 heterocycles. The van der Waals surface area contributed by atoms with Gasteiger partial charge in [-0.05, 0) is 75.9 Å². The van der Waals surface area contributed by atoms with E-state index in [4.69, 9.17) is 11.6 Å². The van der Waals surface area contributed by atoms with Crippen molar-refractivity contribution in [3.05, 3.63) is 41.0 Å². The first-order chi connectivity index (χ1) is 15.3. The van der Waals surface area contributed by atoms with E-state index in [0.717, 1.165) is 49.7 Å². The molecule has 8 heteroatoms. The molecular weight excluding hydrogens is 426 g/mol. The molecule has 2 fully saturated rings. The summed E-state index contributed by atoms with van der Waals surface area (Å²) in [5, 5.41) is 34.6. The zero-order chi connectivity index (χ0) is 22.5. The largest absolute Gasteiger partial charge is 0.507 e. The molecule has 32 heavy (non-hydrogen) atoms. The first-order valence-corrected chi connectivity index (χ1v) is 11.5. The molecule has 0 spiro atoms. The van der Waals surface area contributed by atoms with Gasteiger partial charge in [0.1, 0.15) is 17.0 Å². The van der Waals surface area contributed by atoms with Crippen LogP contribution in [0.15, 0.2) is 30.5 Å². The van der Waals surface area contributed by atoms with E-state index < -0.39 is 5.60 Å². The maximum atomic E-state index is 10.5. The minimum Gasteiger partial charge on any atom is -0.507 e. The quantitative estimate of drug-likeness (QED) is 0.546. The summed E-state index contributed by atoms with van der Waals surface area (Å²) < 4.78 is 0. The number of nitrogens with one attached hydrogen (secondary N) is 1. The van der Waals surface area contributed by atoms with Gasteiger partial charge in [0.05, 0.1) is 5.60 Å². The van der Waals surface area contributed by atoms with E-state index in [9.17, 15) is 10.2 Å². The van der Waals surface area contributed by atoms with E-state index in [2.05, 4.69) is 25.4 Å². The zero-order valence-electron chi connectivity index (χ0n) is 18.3. The first-order valence-electron chi connectivity index (χ1n) is 11.1. The lowest BCUT2D eigenvalue weighted by Crippen LogP contribution is -2.57. The van der Waals surface area contributed by atoms with E-state index in [-0.39, 0.29) is 11.8 Å². The lowest BCUT2D eigenvalue weighted by Gasteiger charge is -2.49. The van der Waals surface area contributed by atoms with Crippen molar-refractivity contribution in [3.8, 4) is 17.0 Å². The Bertz CT molecular complexity index is 1140. The van der Waals surface area contributed by atoms with Gasteiger partial charge in [0, 0.05) is 40.8 Å². The number of anilines is 1. The predicted octanol–water partition coefficient (Wildman–Crippen LogP) is 4.15. The smallest absolute Gasteiger partial charge is 0.158 e. The Morgan fingerprint density at radius 2 is 2.06 bits per heavy atom. The summed E-state index contributed by atoms with van der Waals surface area (Å²) in [6.07, 6.45) is 5.57. The number of halogens is 1. The molecule has 168 valence electrons. The summed E-state index contributed by atoms with van der Waals surface area (Å²) >= 11 is 6.09. The number of nitrogens with zero attached hydrogens (tertiary/aromatic N) is 4. The fourth-order valence-electron chi connectivity index (χ4n) is 5.16. The number of piperidine rings is 1. The fourth-order valence-corrected chi connectivity index (χ4v) is 5.42. The molecule has 2 aliphatic rings. The summed E-state index contributed by atoms with van der Waals surface area (Å²) in [6.45, 7) is 5.79. The van der Waals surface area contributed by atoms with Crippen molar-refractivity contribution >= 4 is 28.3 Å². The van der Waals surface area contributed by atoms with Crippen LogP contribution in [-0.4, -0.2) is 61.1 Å². The Morgan fingerprint density at radius 3 is 2.81 bits per heavy atom. The molecule has 1 aliphatic carbocycles. The number of aryl methyl sites for hydroxylation is 1. The summed E-state index contributed by atoms with van der Waals surface area (Å²) in [7, 11) is 0. The highest BCUT2D eigenvalue weighted by Crippen LogP contribution is 2.39. The number of hydrogen-bond donors (Lipinski definition) is 3. The van der Waals surface area contributed by atoms with Gasteiger partial charge in [0.2, 0.25) is 0 Å². The van der Waals surface area contributed by atoms with Crippen LogP contribution < -0.4 is 5.32 Å². The third kappa shape index (κ3) is 4.00. The predicted molar refractivity (Wildman–Crippen MR) is 126 cm³/mol. The van der Waals surface area contributed by atoms with Gasteiger partial charge in [-0.3, -0.25) is 9.88 Å². The van der Waals surface area contributed by atoms with Crippen LogP contribution in [0.3, 0.4) is 0 Å². The SMILES string of the molecule is Cc1cc(Cl)cc(O)c1-c1nnc(NC2CCCN(C3CC(C)(O)C3)C2)c2cccnc12. The fraction of sp³-hybridized carbons (Fsp3) is 0.458. The number of phenolic OH excluding ortho intramolecular Hbond substituents is 1. The molecule has 1 unspecified atom stereocenters. The molecule has 5 rings (SSSR count). The molecular formula is C24H28ClN5O2. The lowest BCUT2D eigenvalue weighted by atomic mass is 9.76. The summed E-state index contributed by atoms with van der Waals surface area (Å²) in [6, 6.07) is 7.89. The van der Waals surface area contributed by atoms with Gasteiger partial charge in [-0.25, -0.2) is 0 Å². The van der Waals surface area contributed by atoms with Crippen molar-refractivity contribution in [1.29, 1.82) is 0 Å². The van der Waals surface area contributed by atoms with Crippen LogP contribution >= 0.6 is 11.6 Å². The van der Waals surface area contributed by atoms with Crippen LogP contribution in [-0.2, 0) is 0 Å². The third-order valence-corrected chi connectivity index (χ3v) is 6.93. The molecule has 0 radical (unpaired) electrons. The van der Waals surface area contributed by atoms with Crippen molar-refractivity contribution in [3.63, 3.8) is 0 Å². The minimum absolute atomic E-state index is 0.0660. The van der Waals surface area contributed by atoms with E-state index in [1.165, 1.54) is 6.07 Å². The Labute approximate surface area is 192 Å². The lowest BCUT2D eigenvalue weighted by molar-refractivity contribution is -0.0823. The number of aromatic hydroxyl groups is 1. The van der Waals surface area contributed by atoms with E-state index in [1.807, 2.05) is 26.0 Å². The van der Waals surface area contributed by atoms with Crippen LogP contribution in [0.4, 0.5) is 5.82 Å². The molecule has 1 atom stereocenters. The molecule has 3 aromatic rings. The number of likely N-dealkylation sites (tertiary alicyclic amines) is 1. The van der Waals surface area contributed by atoms with Crippen molar-refractivity contribution in [2.45, 2.75) is 57.2 Å². The molecule has 1 aromatic carbocycles. The molecule has 0 amide bonds. The van der Waals surface area contributed by atoms with Crippen molar-refractivity contribution in [2.75, 3.05) is 18.4 Å². The first kappa shape index (κ1) is 21.4. The molecule has 0 bridgehead atoms. The van der Waals surface area contributed by atoms with Gasteiger partial charge >= 0.3 is 0 Å². The molecule has 1 saturated carbocycles. The highest BCUT2D eigenvalue weighted by atomic mass is 35.5. The monoisotopic (exact) mass is 453 g/mol. The van der Waals surface area contributed by atoms with Crippen LogP contribution in [0, 0.1) is 6.92 Å². The number of aromatic nitrogens is 3. The third-order valence-electron chi connectivity index (χ3n) is 6.71. The van der Waals surface area contributed by atoms with Gasteiger partial charge < -0.3 is 15.5 Å². The summed E-state index contributed by atoms with van der Waals surface area (Å²) in [5.74, 6) is 0.770. The second-order valence-corrected chi connectivity index (χ2v) is 9.89. The number of pyridine rings is 1. The van der Waals surface area contributed by atoms with Gasteiger partial charge in [0.15, 0.2) is 5.82 Å². The highest BCUT2D eigenvalue weighted by Gasteiger charge is 2.42. The van der Waals surface area contributed by atoms with E-state index in [0.29, 0.717) is 33.7 Å². The van der Waals surface area contributed by atoms with Crippen LogP contribution in [0.5, 0.6) is 5.75 Å². The average molecular weight is 454 g/mol. The maximum absolute atomic E-state index is 10.5. The number of aliphatic hydroxyl groups is 1. The molecule has 1 aliphatic heterocycles. The molecule has 1 saturated heterocycles. The minimum atomic E-state index is -0.514. The van der Waals surface area contributed by atoms with E-state index >= 15 is 0 Å². The van der Waals surface area contributed by atoms with E-state index in [1.54, 1.807) is 12.3 Å². The Hall–Kier alpha value is -2.48. The zero-order valence-corrected chi connectivity index (χ0v) is 19.1. The molecule has 2 aromatic heterocycles.